The number of amides is 1. The molecule has 0 saturated heterocycles. The predicted octanol–water partition coefficient (Wildman–Crippen LogP) is 3.08. The summed E-state index contributed by atoms with van der Waals surface area (Å²) in [6, 6.07) is 8.85. The Balaban J connectivity index is 1.85. The van der Waals surface area contributed by atoms with Crippen molar-refractivity contribution in [2.45, 2.75) is 6.92 Å². The fourth-order valence-corrected chi connectivity index (χ4v) is 2.80. The molecule has 0 atom stereocenters. The Morgan fingerprint density at radius 1 is 1.27 bits per heavy atom. The lowest BCUT2D eigenvalue weighted by atomic mass is 10.2. The van der Waals surface area contributed by atoms with Gasteiger partial charge in [-0.1, -0.05) is 17.7 Å². The second kappa shape index (κ2) is 7.45. The molecule has 3 aromatic rings. The number of aryl methyl sites for hydroxylation is 1. The second-order valence-corrected chi connectivity index (χ2v) is 5.84. The van der Waals surface area contributed by atoms with Crippen LogP contribution in [0.4, 0.5) is 0 Å². The number of methoxy groups -OCH3 is 2. The average molecular weight is 373 g/mol. The van der Waals surface area contributed by atoms with Crippen LogP contribution in [0.1, 0.15) is 21.7 Å². The minimum absolute atomic E-state index is 0.372. The van der Waals surface area contributed by atoms with Gasteiger partial charge in [-0.15, -0.1) is 0 Å². The van der Waals surface area contributed by atoms with Crippen LogP contribution in [0.2, 0.25) is 5.02 Å². The summed E-state index contributed by atoms with van der Waals surface area (Å²) in [5.41, 5.74) is 4.77. The Morgan fingerprint density at radius 2 is 2.08 bits per heavy atom. The van der Waals surface area contributed by atoms with Gasteiger partial charge >= 0.3 is 0 Å². The summed E-state index contributed by atoms with van der Waals surface area (Å²) in [7, 11) is 3.10. The monoisotopic (exact) mass is 372 g/mol. The number of hydrogen-bond donors (Lipinski definition) is 1. The molecule has 0 unspecified atom stereocenters. The quantitative estimate of drug-likeness (QED) is 0.551. The maximum absolute atomic E-state index is 12.5. The van der Waals surface area contributed by atoms with Crippen molar-refractivity contribution < 1.29 is 14.3 Å². The number of imidazole rings is 1. The fraction of sp³-hybridized carbons (Fsp3) is 0.167. The van der Waals surface area contributed by atoms with Gasteiger partial charge in [-0.05, 0) is 31.2 Å². The van der Waals surface area contributed by atoms with E-state index in [0.717, 1.165) is 0 Å². The predicted molar refractivity (Wildman–Crippen MR) is 99.5 cm³/mol. The Morgan fingerprint density at radius 3 is 2.81 bits per heavy atom. The van der Waals surface area contributed by atoms with Crippen molar-refractivity contribution in [2.24, 2.45) is 5.10 Å². The van der Waals surface area contributed by atoms with Crippen LogP contribution in [0.15, 0.2) is 41.6 Å². The summed E-state index contributed by atoms with van der Waals surface area (Å²) in [5.74, 6) is 0.719. The molecule has 0 aliphatic carbocycles. The van der Waals surface area contributed by atoms with E-state index in [9.17, 15) is 4.79 Å². The van der Waals surface area contributed by atoms with E-state index in [1.54, 1.807) is 62.1 Å². The summed E-state index contributed by atoms with van der Waals surface area (Å²) in [6.07, 6.45) is 3.13. The number of nitrogens with one attached hydrogen (secondary N) is 1. The number of para-hydroxylation sites is 1. The maximum atomic E-state index is 12.5. The van der Waals surface area contributed by atoms with E-state index in [4.69, 9.17) is 21.1 Å². The third-order valence-corrected chi connectivity index (χ3v) is 4.00. The van der Waals surface area contributed by atoms with E-state index in [1.165, 1.54) is 6.21 Å². The van der Waals surface area contributed by atoms with Crippen LogP contribution in [0.25, 0.3) is 5.65 Å². The van der Waals surface area contributed by atoms with Crippen LogP contribution in [0.3, 0.4) is 0 Å². The van der Waals surface area contributed by atoms with Crippen molar-refractivity contribution in [1.82, 2.24) is 14.8 Å². The van der Waals surface area contributed by atoms with Gasteiger partial charge in [-0.3, -0.25) is 9.20 Å². The zero-order valence-electron chi connectivity index (χ0n) is 14.5. The van der Waals surface area contributed by atoms with Gasteiger partial charge in [0.15, 0.2) is 11.5 Å². The first-order chi connectivity index (χ1) is 12.5. The van der Waals surface area contributed by atoms with E-state index in [-0.39, 0.29) is 0 Å². The third-order valence-electron chi connectivity index (χ3n) is 3.77. The van der Waals surface area contributed by atoms with Crippen LogP contribution < -0.4 is 14.9 Å². The van der Waals surface area contributed by atoms with Crippen LogP contribution in [-0.4, -0.2) is 35.7 Å². The molecule has 26 heavy (non-hydrogen) atoms. The lowest BCUT2D eigenvalue weighted by Gasteiger charge is -2.09. The first-order valence-electron chi connectivity index (χ1n) is 7.73. The van der Waals surface area contributed by atoms with Gasteiger partial charge in [0, 0.05) is 11.8 Å². The van der Waals surface area contributed by atoms with Crippen LogP contribution in [0.5, 0.6) is 11.5 Å². The molecule has 3 rings (SSSR count). The number of nitrogens with zero attached hydrogens (tertiary/aromatic N) is 3. The van der Waals surface area contributed by atoms with Gasteiger partial charge in [0.05, 0.1) is 31.2 Å². The van der Waals surface area contributed by atoms with Gasteiger partial charge in [-0.2, -0.15) is 5.10 Å². The Bertz CT molecular complexity index is 998. The number of aromatic nitrogens is 2. The number of carbonyl (C=O) groups is 1. The molecule has 0 radical (unpaired) electrons. The normalized spacial score (nSPS) is 11.1. The highest BCUT2D eigenvalue weighted by Crippen LogP contribution is 2.29. The van der Waals surface area contributed by atoms with Crippen molar-refractivity contribution in [3.8, 4) is 11.5 Å². The van der Waals surface area contributed by atoms with Gasteiger partial charge in [0.25, 0.3) is 5.91 Å². The van der Waals surface area contributed by atoms with E-state index < -0.39 is 5.91 Å². The molecule has 0 aliphatic heterocycles. The minimum Gasteiger partial charge on any atom is -0.493 e. The number of hydrazone groups is 1. The smallest absolute Gasteiger partial charge is 0.290 e. The molecule has 134 valence electrons. The molecular weight excluding hydrogens is 356 g/mol. The van der Waals surface area contributed by atoms with Crippen molar-refractivity contribution >= 4 is 29.4 Å². The SMILES string of the molecule is COc1cccc(/C=N\NC(=O)c2c(C)nc3ccc(Cl)cn23)c1OC. The molecule has 7 nitrogen and oxygen atoms in total. The lowest BCUT2D eigenvalue weighted by Crippen LogP contribution is -2.20. The van der Waals surface area contributed by atoms with Crippen LogP contribution in [-0.2, 0) is 0 Å². The summed E-state index contributed by atoms with van der Waals surface area (Å²) in [5, 5.41) is 4.53. The van der Waals surface area contributed by atoms with Crippen molar-refractivity contribution in [3.63, 3.8) is 0 Å². The highest BCUT2D eigenvalue weighted by Gasteiger charge is 2.16. The molecule has 1 aromatic carbocycles. The number of fused-ring (bicyclic) bond motifs is 1. The Labute approximate surface area is 155 Å². The highest BCUT2D eigenvalue weighted by atomic mass is 35.5. The van der Waals surface area contributed by atoms with Crippen LogP contribution in [0, 0.1) is 6.92 Å². The molecule has 0 bridgehead atoms. The molecule has 1 N–H and O–H groups in total. The summed E-state index contributed by atoms with van der Waals surface area (Å²) in [4.78, 5) is 16.9. The molecule has 1 amide bonds. The minimum atomic E-state index is -0.393. The number of hydrogen-bond acceptors (Lipinski definition) is 5. The van der Waals surface area contributed by atoms with Gasteiger partial charge in [-0.25, -0.2) is 10.4 Å². The number of benzene rings is 1. The summed E-state index contributed by atoms with van der Waals surface area (Å²) >= 11 is 6.02. The van der Waals surface area contributed by atoms with E-state index in [2.05, 4.69) is 15.5 Å². The summed E-state index contributed by atoms with van der Waals surface area (Å²) < 4.78 is 12.2. The maximum Gasteiger partial charge on any atom is 0.290 e. The van der Waals surface area contributed by atoms with Gasteiger partial charge in [0.1, 0.15) is 11.3 Å². The number of rotatable bonds is 5. The summed E-state index contributed by atoms with van der Waals surface area (Å²) in [6.45, 7) is 1.75. The molecule has 2 heterocycles. The molecule has 0 fully saturated rings. The zero-order valence-corrected chi connectivity index (χ0v) is 15.2. The third kappa shape index (κ3) is 3.34. The fourth-order valence-electron chi connectivity index (χ4n) is 2.64. The topological polar surface area (TPSA) is 77.2 Å². The standard InChI is InChI=1S/C18H17ClN4O3/c1-11-16(23-10-13(19)7-8-15(23)21-11)18(24)22-20-9-12-5-4-6-14(25-2)17(12)26-3/h4-10H,1-3H3,(H,22,24)/b20-9-. The Kier molecular flexibility index (Phi) is 5.09. The number of halogens is 1. The highest BCUT2D eigenvalue weighted by molar-refractivity contribution is 6.30. The molecule has 2 aromatic heterocycles. The van der Waals surface area contributed by atoms with Crippen molar-refractivity contribution in [3.05, 3.63) is 58.5 Å². The molecule has 0 spiro atoms. The van der Waals surface area contributed by atoms with Crippen molar-refractivity contribution in [1.29, 1.82) is 0 Å². The second-order valence-electron chi connectivity index (χ2n) is 5.40. The van der Waals surface area contributed by atoms with Gasteiger partial charge in [0.2, 0.25) is 0 Å². The van der Waals surface area contributed by atoms with Crippen LogP contribution >= 0.6 is 11.6 Å². The van der Waals surface area contributed by atoms with E-state index in [0.29, 0.717) is 39.1 Å². The average Bonchev–Trinajstić information content (AvgIpc) is 2.96. The first kappa shape index (κ1) is 17.8. The van der Waals surface area contributed by atoms with E-state index >= 15 is 0 Å². The molecular formula is C18H17ClN4O3. The number of carbonyl (C=O) groups excluding carboxylic acids is 1. The lowest BCUT2D eigenvalue weighted by molar-refractivity contribution is 0.0948. The largest absolute Gasteiger partial charge is 0.493 e. The van der Waals surface area contributed by atoms with Crippen molar-refractivity contribution in [2.75, 3.05) is 14.2 Å². The zero-order chi connectivity index (χ0) is 18.7. The van der Waals surface area contributed by atoms with E-state index in [1.807, 2.05) is 0 Å². The Hall–Kier alpha value is -3.06. The molecule has 8 heteroatoms. The van der Waals surface area contributed by atoms with Gasteiger partial charge < -0.3 is 9.47 Å². The molecule has 0 saturated carbocycles. The first-order valence-corrected chi connectivity index (χ1v) is 8.11. The number of pyridine rings is 1. The molecule has 0 aliphatic rings. The number of ether oxygens (including phenoxy) is 2.